The third kappa shape index (κ3) is 3.37. The fourth-order valence-corrected chi connectivity index (χ4v) is 3.15. The van der Waals surface area contributed by atoms with Crippen LogP contribution in [0.1, 0.15) is 21.5 Å². The lowest BCUT2D eigenvalue weighted by Gasteiger charge is -2.16. The monoisotopic (exact) mass is 357 g/mol. The number of ketones is 1. The molecule has 134 valence electrons. The summed E-state index contributed by atoms with van der Waals surface area (Å²) in [7, 11) is 0. The number of aryl methyl sites for hydroxylation is 1. The Kier molecular flexibility index (Phi) is 4.52. The normalized spacial score (nSPS) is 13.1. The number of carbonyl (C=O) groups is 1. The van der Waals surface area contributed by atoms with Crippen molar-refractivity contribution >= 4 is 11.5 Å². The Balaban J connectivity index is 1.70. The third-order valence-electron chi connectivity index (χ3n) is 4.61. The Bertz CT molecular complexity index is 1060. The summed E-state index contributed by atoms with van der Waals surface area (Å²) < 4.78 is 5.98. The maximum Gasteiger partial charge on any atom is 0.184 e. The summed E-state index contributed by atoms with van der Waals surface area (Å²) in [5.41, 5.74) is 10.9. The first-order chi connectivity index (χ1) is 13.2. The van der Waals surface area contributed by atoms with Crippen molar-refractivity contribution in [2.75, 3.05) is 13.1 Å². The van der Waals surface area contributed by atoms with Crippen molar-refractivity contribution in [3.63, 3.8) is 0 Å². The highest BCUT2D eigenvalue weighted by Gasteiger charge is 2.20. The predicted octanol–water partition coefficient (Wildman–Crippen LogP) is 3.79. The average Bonchev–Trinajstić information content (AvgIpc) is 2.70. The summed E-state index contributed by atoms with van der Waals surface area (Å²) in [5.74, 6) is 1.47. The fourth-order valence-electron chi connectivity index (χ4n) is 3.15. The summed E-state index contributed by atoms with van der Waals surface area (Å²) in [6.45, 7) is 2.47. The number of nitrogens with two attached hydrogens (primary N) is 1. The zero-order valence-corrected chi connectivity index (χ0v) is 15.0. The fraction of sp³-hybridized carbons (Fsp3) is 0.136. The molecule has 2 aromatic carbocycles. The number of fused-ring (bicyclic) bond motifs is 1. The third-order valence-corrected chi connectivity index (χ3v) is 4.61. The molecule has 2 heterocycles. The lowest BCUT2D eigenvalue weighted by atomic mass is 9.93. The minimum Gasteiger partial charge on any atom is -0.455 e. The van der Waals surface area contributed by atoms with Crippen molar-refractivity contribution in [1.82, 2.24) is 4.98 Å². The highest BCUT2D eigenvalue weighted by Crippen LogP contribution is 2.30. The van der Waals surface area contributed by atoms with E-state index in [-0.39, 0.29) is 12.3 Å². The summed E-state index contributed by atoms with van der Waals surface area (Å²) in [5, 5.41) is 0. The van der Waals surface area contributed by atoms with Gasteiger partial charge in [0, 0.05) is 29.4 Å². The van der Waals surface area contributed by atoms with E-state index < -0.39 is 0 Å². The van der Waals surface area contributed by atoms with Gasteiger partial charge in [0.05, 0.1) is 11.9 Å². The maximum atomic E-state index is 12.1. The van der Waals surface area contributed by atoms with Crippen molar-refractivity contribution in [3.05, 3.63) is 77.6 Å². The molecule has 1 aliphatic rings. The van der Waals surface area contributed by atoms with E-state index in [1.54, 1.807) is 12.4 Å². The van der Waals surface area contributed by atoms with Crippen molar-refractivity contribution in [3.8, 4) is 22.6 Å². The number of carbonyl (C=O) groups excluding carboxylic acids is 1. The van der Waals surface area contributed by atoms with Gasteiger partial charge < -0.3 is 10.5 Å². The number of hydrogen-bond donors (Lipinski definition) is 1. The smallest absolute Gasteiger partial charge is 0.184 e. The van der Waals surface area contributed by atoms with E-state index in [4.69, 9.17) is 10.5 Å². The molecule has 0 aliphatic carbocycles. The molecule has 0 atom stereocenters. The van der Waals surface area contributed by atoms with E-state index in [0.717, 1.165) is 33.7 Å². The molecule has 0 bridgehead atoms. The van der Waals surface area contributed by atoms with Crippen LogP contribution in [0.15, 0.2) is 65.9 Å². The Morgan fingerprint density at radius 1 is 1.04 bits per heavy atom. The predicted molar refractivity (Wildman–Crippen MR) is 106 cm³/mol. The number of aromatic nitrogens is 1. The van der Waals surface area contributed by atoms with Gasteiger partial charge in [-0.1, -0.05) is 30.3 Å². The molecule has 5 heteroatoms. The molecule has 1 aromatic heterocycles. The number of hydrogen-bond acceptors (Lipinski definition) is 5. The van der Waals surface area contributed by atoms with Gasteiger partial charge in [0.25, 0.3) is 0 Å². The van der Waals surface area contributed by atoms with Gasteiger partial charge in [-0.25, -0.2) is 0 Å². The van der Waals surface area contributed by atoms with Crippen LogP contribution in [0.2, 0.25) is 0 Å². The Hall–Kier alpha value is -3.31. The number of ether oxygens (including phenoxy) is 1. The topological polar surface area (TPSA) is 77.6 Å². The molecule has 0 radical (unpaired) electrons. The quantitative estimate of drug-likeness (QED) is 0.770. The molecule has 0 saturated heterocycles. The average molecular weight is 357 g/mol. The number of benzene rings is 2. The minimum absolute atomic E-state index is 0.0171. The van der Waals surface area contributed by atoms with E-state index in [1.165, 1.54) is 0 Å². The molecular formula is C22H19N3O2. The first-order valence-electron chi connectivity index (χ1n) is 8.75. The number of aliphatic imine (C=N–C) groups is 1. The highest BCUT2D eigenvalue weighted by atomic mass is 16.5. The van der Waals surface area contributed by atoms with Crippen molar-refractivity contribution in [1.29, 1.82) is 0 Å². The number of nitrogens with zero attached hydrogens (tertiary/aromatic N) is 2. The van der Waals surface area contributed by atoms with Crippen LogP contribution < -0.4 is 10.5 Å². The Morgan fingerprint density at radius 3 is 2.70 bits per heavy atom. The molecular weight excluding hydrogens is 338 g/mol. The van der Waals surface area contributed by atoms with Crippen LogP contribution in [0.5, 0.6) is 11.5 Å². The van der Waals surface area contributed by atoms with Gasteiger partial charge in [0.1, 0.15) is 18.0 Å². The standard InChI is InChI=1S/C22H19N3O2/c1-14-4-2-3-5-22(14)27-17-8-16(11-24-12-17)15-6-7-18-19(9-15)20(10-23)25-13-21(18)26/h2-9,11-12H,10,13,23H2,1H3. The van der Waals surface area contributed by atoms with E-state index >= 15 is 0 Å². The molecule has 27 heavy (non-hydrogen) atoms. The van der Waals surface area contributed by atoms with Gasteiger partial charge in [0.2, 0.25) is 0 Å². The maximum absolute atomic E-state index is 12.1. The molecule has 0 unspecified atom stereocenters. The summed E-state index contributed by atoms with van der Waals surface area (Å²) in [6.07, 6.45) is 3.46. The molecule has 0 saturated carbocycles. The van der Waals surface area contributed by atoms with Crippen LogP contribution in [0.25, 0.3) is 11.1 Å². The summed E-state index contributed by atoms with van der Waals surface area (Å²) >= 11 is 0. The molecule has 0 amide bonds. The number of para-hydroxylation sites is 1. The van der Waals surface area contributed by atoms with Crippen molar-refractivity contribution < 1.29 is 9.53 Å². The van der Waals surface area contributed by atoms with Gasteiger partial charge in [-0.05, 0) is 36.2 Å². The van der Waals surface area contributed by atoms with E-state index in [1.807, 2.05) is 55.5 Å². The first kappa shape index (κ1) is 17.1. The SMILES string of the molecule is Cc1ccccc1Oc1cncc(-c2ccc3c(c2)C(CN)=NCC3=O)c1. The first-order valence-corrected chi connectivity index (χ1v) is 8.75. The van der Waals surface area contributed by atoms with Gasteiger partial charge in [-0.3, -0.25) is 14.8 Å². The second kappa shape index (κ2) is 7.13. The van der Waals surface area contributed by atoms with Crippen LogP contribution >= 0.6 is 0 Å². The molecule has 1 aliphatic heterocycles. The largest absolute Gasteiger partial charge is 0.455 e. The van der Waals surface area contributed by atoms with Crippen LogP contribution in [0.4, 0.5) is 0 Å². The molecule has 3 aromatic rings. The highest BCUT2D eigenvalue weighted by molar-refractivity contribution is 6.16. The van der Waals surface area contributed by atoms with Crippen LogP contribution in [-0.2, 0) is 0 Å². The zero-order valence-electron chi connectivity index (χ0n) is 15.0. The van der Waals surface area contributed by atoms with E-state index in [0.29, 0.717) is 17.9 Å². The molecule has 4 rings (SSSR count). The van der Waals surface area contributed by atoms with Gasteiger partial charge in [-0.2, -0.15) is 0 Å². The van der Waals surface area contributed by atoms with Crippen LogP contribution in [-0.4, -0.2) is 29.6 Å². The zero-order chi connectivity index (χ0) is 18.8. The summed E-state index contributed by atoms with van der Waals surface area (Å²) in [6, 6.07) is 15.5. The Labute approximate surface area is 157 Å². The number of Topliss-reactive ketones (excluding diaryl/α,β-unsaturated/α-hetero) is 1. The van der Waals surface area contributed by atoms with Gasteiger partial charge >= 0.3 is 0 Å². The molecule has 2 N–H and O–H groups in total. The van der Waals surface area contributed by atoms with Gasteiger partial charge in [-0.15, -0.1) is 0 Å². The van der Waals surface area contributed by atoms with Gasteiger partial charge in [0.15, 0.2) is 5.78 Å². The second-order valence-corrected chi connectivity index (χ2v) is 6.43. The molecule has 0 fully saturated rings. The van der Waals surface area contributed by atoms with E-state index in [9.17, 15) is 4.79 Å². The number of pyridine rings is 1. The lowest BCUT2D eigenvalue weighted by Crippen LogP contribution is -2.24. The molecule has 0 spiro atoms. The lowest BCUT2D eigenvalue weighted by molar-refractivity contribution is 0.1000. The number of rotatable bonds is 4. The Morgan fingerprint density at radius 2 is 1.89 bits per heavy atom. The minimum atomic E-state index is 0.0171. The van der Waals surface area contributed by atoms with Crippen molar-refractivity contribution in [2.45, 2.75) is 6.92 Å². The van der Waals surface area contributed by atoms with Crippen molar-refractivity contribution in [2.24, 2.45) is 10.7 Å². The van der Waals surface area contributed by atoms with E-state index in [2.05, 4.69) is 9.98 Å². The second-order valence-electron chi connectivity index (χ2n) is 6.43. The molecule has 5 nitrogen and oxygen atoms in total. The summed E-state index contributed by atoms with van der Waals surface area (Å²) in [4.78, 5) is 20.7. The van der Waals surface area contributed by atoms with Crippen LogP contribution in [0, 0.1) is 6.92 Å². The van der Waals surface area contributed by atoms with Crippen LogP contribution in [0.3, 0.4) is 0 Å².